The lowest BCUT2D eigenvalue weighted by Crippen LogP contribution is -2.30. The van der Waals surface area contributed by atoms with Gasteiger partial charge in [0.1, 0.15) is 5.75 Å². The fraction of sp³-hybridized carbons (Fsp3) is 0.600. The number of rotatable bonds is 4. The van der Waals surface area contributed by atoms with Gasteiger partial charge in [-0.05, 0) is 62.4 Å². The summed E-state index contributed by atoms with van der Waals surface area (Å²) in [6.07, 6.45) is 4.78. The third kappa shape index (κ3) is 3.27. The molecule has 3 heteroatoms. The summed E-state index contributed by atoms with van der Waals surface area (Å²) in [5.74, 6) is 1.79. The molecular weight excluding hydrogens is 290 g/mol. The topological polar surface area (TPSA) is 21.3 Å². The van der Waals surface area contributed by atoms with Gasteiger partial charge in [0.2, 0.25) is 0 Å². The van der Waals surface area contributed by atoms with Crippen molar-refractivity contribution in [3.05, 3.63) is 27.7 Å². The predicted molar refractivity (Wildman–Crippen MR) is 79.4 cm³/mol. The van der Waals surface area contributed by atoms with Crippen LogP contribution in [0, 0.1) is 5.92 Å². The van der Waals surface area contributed by atoms with E-state index in [1.54, 1.807) is 7.11 Å². The van der Waals surface area contributed by atoms with Gasteiger partial charge in [0, 0.05) is 10.0 Å². The molecule has 0 spiro atoms. The lowest BCUT2D eigenvalue weighted by Gasteiger charge is -2.23. The van der Waals surface area contributed by atoms with Crippen molar-refractivity contribution in [2.24, 2.45) is 5.92 Å². The highest BCUT2D eigenvalue weighted by Crippen LogP contribution is 2.31. The van der Waals surface area contributed by atoms with E-state index in [2.05, 4.69) is 40.3 Å². The summed E-state index contributed by atoms with van der Waals surface area (Å²) in [6, 6.07) is 4.47. The Morgan fingerprint density at radius 2 is 2.28 bits per heavy atom. The van der Waals surface area contributed by atoms with Crippen LogP contribution in [0.2, 0.25) is 0 Å². The van der Waals surface area contributed by atoms with Crippen LogP contribution in [-0.4, -0.2) is 20.2 Å². The molecule has 18 heavy (non-hydrogen) atoms. The maximum Gasteiger partial charge on any atom is 0.123 e. The van der Waals surface area contributed by atoms with Crippen LogP contribution in [0.1, 0.15) is 30.9 Å². The molecule has 1 saturated heterocycles. The maximum absolute atomic E-state index is 5.50. The van der Waals surface area contributed by atoms with Crippen LogP contribution in [0.3, 0.4) is 0 Å². The fourth-order valence-corrected chi connectivity index (χ4v) is 3.51. The van der Waals surface area contributed by atoms with Crippen molar-refractivity contribution >= 4 is 15.9 Å². The Bertz CT molecular complexity index is 400. The molecule has 0 radical (unpaired) electrons. The Morgan fingerprint density at radius 3 is 2.89 bits per heavy atom. The number of nitrogens with one attached hydrogen (secondary N) is 1. The molecule has 0 aromatic heterocycles. The van der Waals surface area contributed by atoms with Crippen LogP contribution < -0.4 is 10.1 Å². The summed E-state index contributed by atoms with van der Waals surface area (Å²) >= 11 is 3.67. The van der Waals surface area contributed by atoms with E-state index >= 15 is 0 Å². The first-order valence-electron chi connectivity index (χ1n) is 6.80. The van der Waals surface area contributed by atoms with Gasteiger partial charge in [-0.3, -0.25) is 0 Å². The zero-order valence-electron chi connectivity index (χ0n) is 11.3. The molecule has 100 valence electrons. The van der Waals surface area contributed by atoms with E-state index in [0.29, 0.717) is 0 Å². The third-order valence-electron chi connectivity index (χ3n) is 3.71. The van der Waals surface area contributed by atoms with Gasteiger partial charge in [-0.25, -0.2) is 0 Å². The van der Waals surface area contributed by atoms with Crippen molar-refractivity contribution in [3.8, 4) is 5.75 Å². The lowest BCUT2D eigenvalue weighted by molar-refractivity contribution is 0.374. The minimum atomic E-state index is 0.767. The SMILES string of the molecule is CCc1c(Br)cc(CC2CCCNC2)cc1OC. The highest BCUT2D eigenvalue weighted by Gasteiger charge is 2.15. The quantitative estimate of drug-likeness (QED) is 0.918. The standard InChI is InChI=1S/C15H22BrNO/c1-3-13-14(16)8-12(9-15(13)18-2)7-11-5-4-6-17-10-11/h8-9,11,17H,3-7,10H2,1-2H3. The molecule has 1 heterocycles. The Morgan fingerprint density at radius 1 is 1.44 bits per heavy atom. The molecule has 1 unspecified atom stereocenters. The molecule has 0 amide bonds. The highest BCUT2D eigenvalue weighted by atomic mass is 79.9. The monoisotopic (exact) mass is 311 g/mol. The number of benzene rings is 1. The zero-order chi connectivity index (χ0) is 13.0. The number of hydrogen-bond donors (Lipinski definition) is 1. The fourth-order valence-electron chi connectivity index (χ4n) is 2.74. The predicted octanol–water partition coefficient (Wildman–Crippen LogP) is 3.56. The van der Waals surface area contributed by atoms with Crippen LogP contribution in [0.15, 0.2) is 16.6 Å². The van der Waals surface area contributed by atoms with Crippen molar-refractivity contribution in [1.82, 2.24) is 5.32 Å². The summed E-state index contributed by atoms with van der Waals surface area (Å²) in [5.41, 5.74) is 2.65. The maximum atomic E-state index is 5.50. The van der Waals surface area contributed by atoms with E-state index in [0.717, 1.165) is 31.1 Å². The number of methoxy groups -OCH3 is 1. The largest absolute Gasteiger partial charge is 0.496 e. The van der Waals surface area contributed by atoms with Gasteiger partial charge in [0.15, 0.2) is 0 Å². The van der Waals surface area contributed by atoms with Crippen molar-refractivity contribution in [1.29, 1.82) is 0 Å². The first-order chi connectivity index (χ1) is 8.74. The van der Waals surface area contributed by atoms with E-state index in [1.165, 1.54) is 35.0 Å². The Labute approximate surface area is 118 Å². The van der Waals surface area contributed by atoms with Gasteiger partial charge in [-0.1, -0.05) is 22.9 Å². The summed E-state index contributed by atoms with van der Waals surface area (Å²) in [6.45, 7) is 4.49. The second-order valence-corrected chi connectivity index (χ2v) is 5.88. The molecule has 0 aliphatic carbocycles. The van der Waals surface area contributed by atoms with Crippen LogP contribution in [0.25, 0.3) is 0 Å². The molecule has 1 aliphatic heterocycles. The van der Waals surface area contributed by atoms with E-state index < -0.39 is 0 Å². The molecule has 1 aliphatic rings. The number of piperidine rings is 1. The third-order valence-corrected chi connectivity index (χ3v) is 4.42. The van der Waals surface area contributed by atoms with Gasteiger partial charge >= 0.3 is 0 Å². The molecule has 1 N–H and O–H groups in total. The van der Waals surface area contributed by atoms with Crippen molar-refractivity contribution in [2.45, 2.75) is 32.6 Å². The van der Waals surface area contributed by atoms with Gasteiger partial charge in [-0.2, -0.15) is 0 Å². The van der Waals surface area contributed by atoms with Crippen molar-refractivity contribution < 1.29 is 4.74 Å². The number of hydrogen-bond acceptors (Lipinski definition) is 2. The Hall–Kier alpha value is -0.540. The number of halogens is 1. The molecule has 1 fully saturated rings. The number of ether oxygens (including phenoxy) is 1. The highest BCUT2D eigenvalue weighted by molar-refractivity contribution is 9.10. The minimum absolute atomic E-state index is 0.767. The average Bonchev–Trinajstić information content (AvgIpc) is 2.39. The summed E-state index contributed by atoms with van der Waals surface area (Å²) in [5, 5.41) is 3.48. The first kappa shape index (κ1) is 13.9. The molecule has 2 rings (SSSR count). The van der Waals surface area contributed by atoms with E-state index in [9.17, 15) is 0 Å². The molecular formula is C15H22BrNO. The second kappa shape index (κ2) is 6.58. The molecule has 1 atom stereocenters. The van der Waals surface area contributed by atoms with Gasteiger partial charge in [0.05, 0.1) is 7.11 Å². The molecule has 0 saturated carbocycles. The van der Waals surface area contributed by atoms with Gasteiger partial charge < -0.3 is 10.1 Å². The van der Waals surface area contributed by atoms with Gasteiger partial charge in [-0.15, -0.1) is 0 Å². The molecule has 1 aromatic carbocycles. The minimum Gasteiger partial charge on any atom is -0.496 e. The normalized spacial score (nSPS) is 19.8. The van der Waals surface area contributed by atoms with E-state index in [1.807, 2.05) is 0 Å². The Kier molecular flexibility index (Phi) is 5.07. The Balaban J connectivity index is 2.15. The zero-order valence-corrected chi connectivity index (χ0v) is 12.8. The summed E-state index contributed by atoms with van der Waals surface area (Å²) < 4.78 is 6.68. The second-order valence-electron chi connectivity index (χ2n) is 5.03. The summed E-state index contributed by atoms with van der Waals surface area (Å²) in [7, 11) is 1.76. The van der Waals surface area contributed by atoms with Crippen molar-refractivity contribution in [3.63, 3.8) is 0 Å². The average molecular weight is 312 g/mol. The van der Waals surface area contributed by atoms with Gasteiger partial charge in [0.25, 0.3) is 0 Å². The molecule has 2 nitrogen and oxygen atoms in total. The lowest BCUT2D eigenvalue weighted by atomic mass is 9.91. The summed E-state index contributed by atoms with van der Waals surface area (Å²) in [4.78, 5) is 0. The van der Waals surface area contributed by atoms with Crippen LogP contribution in [-0.2, 0) is 12.8 Å². The van der Waals surface area contributed by atoms with E-state index in [-0.39, 0.29) is 0 Å². The smallest absolute Gasteiger partial charge is 0.123 e. The van der Waals surface area contributed by atoms with Crippen LogP contribution >= 0.6 is 15.9 Å². The van der Waals surface area contributed by atoms with Crippen LogP contribution in [0.5, 0.6) is 5.75 Å². The molecule has 0 bridgehead atoms. The molecule has 1 aromatic rings. The van der Waals surface area contributed by atoms with E-state index in [4.69, 9.17) is 4.74 Å². The van der Waals surface area contributed by atoms with Crippen LogP contribution in [0.4, 0.5) is 0 Å². The van der Waals surface area contributed by atoms with Crippen molar-refractivity contribution in [2.75, 3.05) is 20.2 Å². The first-order valence-corrected chi connectivity index (χ1v) is 7.60.